The Morgan fingerprint density at radius 3 is 2.85 bits per heavy atom. The number of anilines is 1. The number of amides is 1. The minimum absolute atomic E-state index is 0.0592. The van der Waals surface area contributed by atoms with Gasteiger partial charge in [-0.15, -0.1) is 11.3 Å². The summed E-state index contributed by atoms with van der Waals surface area (Å²) < 4.78 is 1.22. The molecule has 1 atom stereocenters. The lowest BCUT2D eigenvalue weighted by molar-refractivity contribution is -0.118. The van der Waals surface area contributed by atoms with Crippen LogP contribution < -0.4 is 5.32 Å². The number of thiazole rings is 1. The number of benzene rings is 2. The molecule has 140 valence electrons. The van der Waals surface area contributed by atoms with Gasteiger partial charge < -0.3 is 5.32 Å². The quantitative estimate of drug-likeness (QED) is 0.677. The smallest absolute Gasteiger partial charge is 0.238 e. The van der Waals surface area contributed by atoms with Crippen LogP contribution in [-0.4, -0.2) is 28.9 Å². The zero-order valence-corrected chi connectivity index (χ0v) is 16.5. The predicted molar refractivity (Wildman–Crippen MR) is 112 cm³/mol. The third-order valence-electron chi connectivity index (χ3n) is 5.23. The molecular weight excluding hydrogens is 354 g/mol. The Hall–Kier alpha value is -2.24. The number of aromatic nitrogens is 1. The van der Waals surface area contributed by atoms with E-state index in [-0.39, 0.29) is 11.9 Å². The molecule has 0 spiro atoms. The molecule has 1 fully saturated rings. The van der Waals surface area contributed by atoms with E-state index >= 15 is 0 Å². The number of aryl methyl sites for hydroxylation is 1. The summed E-state index contributed by atoms with van der Waals surface area (Å²) in [5.74, 6) is 0.0592. The van der Waals surface area contributed by atoms with Gasteiger partial charge in [-0.25, -0.2) is 4.98 Å². The fourth-order valence-electron chi connectivity index (χ4n) is 3.82. The highest BCUT2D eigenvalue weighted by atomic mass is 32.1. The Bertz CT molecular complexity index is 903. The molecule has 1 N–H and O–H groups in total. The van der Waals surface area contributed by atoms with Crippen LogP contribution in [0.25, 0.3) is 10.2 Å². The molecule has 2 heterocycles. The lowest BCUT2D eigenvalue weighted by Crippen LogP contribution is -2.39. The van der Waals surface area contributed by atoms with E-state index in [9.17, 15) is 4.79 Å². The summed E-state index contributed by atoms with van der Waals surface area (Å²) in [4.78, 5) is 19.9. The normalized spacial score (nSPS) is 17.9. The van der Waals surface area contributed by atoms with Crippen molar-refractivity contribution in [3.05, 3.63) is 59.1 Å². The van der Waals surface area contributed by atoms with Crippen LogP contribution in [0, 0.1) is 0 Å². The van der Waals surface area contributed by atoms with E-state index in [1.807, 2.05) is 24.3 Å². The van der Waals surface area contributed by atoms with E-state index in [1.54, 1.807) is 11.3 Å². The number of hydrogen-bond donors (Lipinski definition) is 1. The van der Waals surface area contributed by atoms with E-state index in [0.29, 0.717) is 6.54 Å². The fourth-order valence-corrected chi connectivity index (χ4v) is 4.95. The van der Waals surface area contributed by atoms with Gasteiger partial charge in [0.05, 0.1) is 22.8 Å². The molecule has 4 nitrogen and oxygen atoms in total. The monoisotopic (exact) mass is 379 g/mol. The molecule has 27 heavy (non-hydrogen) atoms. The predicted octanol–water partition coefficient (Wildman–Crippen LogP) is 5.02. The number of nitrogens with zero attached hydrogens (tertiary/aromatic N) is 2. The number of rotatable bonds is 5. The second kappa shape index (κ2) is 8.19. The molecule has 5 heteroatoms. The van der Waals surface area contributed by atoms with Crippen molar-refractivity contribution in [1.82, 2.24) is 9.88 Å². The van der Waals surface area contributed by atoms with Crippen molar-refractivity contribution in [3.8, 4) is 0 Å². The molecule has 1 aromatic heterocycles. The maximum Gasteiger partial charge on any atom is 0.238 e. The SMILES string of the molecule is CCc1ccccc1NC(=O)CN1CCCC[C@@H]1c1nc2ccccc2s1. The van der Waals surface area contributed by atoms with Gasteiger partial charge in [-0.1, -0.05) is 43.7 Å². The highest BCUT2D eigenvalue weighted by Gasteiger charge is 2.28. The molecule has 0 saturated carbocycles. The minimum atomic E-state index is 0.0592. The average Bonchev–Trinajstić information content (AvgIpc) is 3.13. The Morgan fingerprint density at radius 2 is 2.00 bits per heavy atom. The van der Waals surface area contributed by atoms with Crippen molar-refractivity contribution < 1.29 is 4.79 Å². The number of fused-ring (bicyclic) bond motifs is 1. The lowest BCUT2D eigenvalue weighted by Gasteiger charge is -2.33. The molecule has 1 aliphatic heterocycles. The van der Waals surface area contributed by atoms with Crippen molar-refractivity contribution in [1.29, 1.82) is 0 Å². The van der Waals surface area contributed by atoms with Crippen molar-refractivity contribution in [3.63, 3.8) is 0 Å². The Labute approximate surface area is 164 Å². The van der Waals surface area contributed by atoms with Gasteiger partial charge in [0.25, 0.3) is 0 Å². The van der Waals surface area contributed by atoms with Gasteiger partial charge in [-0.3, -0.25) is 9.69 Å². The van der Waals surface area contributed by atoms with Crippen LogP contribution >= 0.6 is 11.3 Å². The average molecular weight is 380 g/mol. The van der Waals surface area contributed by atoms with E-state index in [1.165, 1.54) is 16.7 Å². The first-order valence-corrected chi connectivity index (χ1v) is 10.5. The Kier molecular flexibility index (Phi) is 5.50. The highest BCUT2D eigenvalue weighted by molar-refractivity contribution is 7.18. The third kappa shape index (κ3) is 4.04. The fraction of sp³-hybridized carbons (Fsp3) is 0.364. The molecule has 1 aliphatic rings. The maximum atomic E-state index is 12.7. The summed E-state index contributed by atoms with van der Waals surface area (Å²) in [6.45, 7) is 3.47. The van der Waals surface area contributed by atoms with E-state index in [0.717, 1.165) is 42.0 Å². The van der Waals surface area contributed by atoms with Gasteiger partial charge >= 0.3 is 0 Å². The molecular formula is C22H25N3OS. The number of carbonyl (C=O) groups excluding carboxylic acids is 1. The number of piperidine rings is 1. The van der Waals surface area contributed by atoms with Crippen LogP contribution in [0.15, 0.2) is 48.5 Å². The van der Waals surface area contributed by atoms with Crippen molar-refractivity contribution in [2.24, 2.45) is 0 Å². The highest BCUT2D eigenvalue weighted by Crippen LogP contribution is 2.35. The zero-order valence-electron chi connectivity index (χ0n) is 15.6. The van der Waals surface area contributed by atoms with Crippen LogP contribution in [0.1, 0.15) is 42.8 Å². The van der Waals surface area contributed by atoms with Gasteiger partial charge in [0.1, 0.15) is 5.01 Å². The van der Waals surface area contributed by atoms with Gasteiger partial charge in [-0.05, 0) is 49.6 Å². The molecule has 2 aromatic carbocycles. The summed E-state index contributed by atoms with van der Waals surface area (Å²) in [6.07, 6.45) is 4.31. The summed E-state index contributed by atoms with van der Waals surface area (Å²) in [6, 6.07) is 16.6. The molecule has 0 radical (unpaired) electrons. The van der Waals surface area contributed by atoms with E-state index < -0.39 is 0 Å². The first kappa shape index (κ1) is 18.1. The minimum Gasteiger partial charge on any atom is -0.325 e. The van der Waals surface area contributed by atoms with Crippen LogP contribution in [0.3, 0.4) is 0 Å². The summed E-state index contributed by atoms with van der Waals surface area (Å²) in [5.41, 5.74) is 3.16. The van der Waals surface area contributed by atoms with Crippen LogP contribution in [0.4, 0.5) is 5.69 Å². The molecule has 1 amide bonds. The number of hydrogen-bond acceptors (Lipinski definition) is 4. The molecule has 0 aliphatic carbocycles. The molecule has 1 saturated heterocycles. The van der Waals surface area contributed by atoms with Crippen LogP contribution in [0.2, 0.25) is 0 Å². The standard InChI is InChI=1S/C22H25N3OS/c1-2-16-9-3-4-10-17(16)23-21(26)15-25-14-8-7-12-19(25)22-24-18-11-5-6-13-20(18)27-22/h3-6,9-11,13,19H,2,7-8,12,14-15H2,1H3,(H,23,26)/t19-/m1/s1. The van der Waals surface area contributed by atoms with E-state index in [4.69, 9.17) is 4.98 Å². The lowest BCUT2D eigenvalue weighted by atomic mass is 10.0. The van der Waals surface area contributed by atoms with Crippen LogP contribution in [-0.2, 0) is 11.2 Å². The second-order valence-corrected chi connectivity index (χ2v) is 8.12. The summed E-state index contributed by atoms with van der Waals surface area (Å²) >= 11 is 1.76. The molecule has 3 aromatic rings. The maximum absolute atomic E-state index is 12.7. The third-order valence-corrected chi connectivity index (χ3v) is 6.37. The molecule has 0 bridgehead atoms. The van der Waals surface area contributed by atoms with Crippen molar-refractivity contribution >= 4 is 33.1 Å². The Morgan fingerprint density at radius 1 is 1.19 bits per heavy atom. The number of carbonyl (C=O) groups is 1. The van der Waals surface area contributed by atoms with Gasteiger partial charge in [0.2, 0.25) is 5.91 Å². The van der Waals surface area contributed by atoms with Gasteiger partial charge in [0, 0.05) is 5.69 Å². The first-order chi connectivity index (χ1) is 13.2. The summed E-state index contributed by atoms with van der Waals surface area (Å²) in [5, 5.41) is 4.25. The summed E-state index contributed by atoms with van der Waals surface area (Å²) in [7, 11) is 0. The number of para-hydroxylation sites is 2. The molecule has 4 rings (SSSR count). The van der Waals surface area contributed by atoms with E-state index in [2.05, 4.69) is 41.4 Å². The largest absolute Gasteiger partial charge is 0.325 e. The van der Waals surface area contributed by atoms with Gasteiger partial charge in [0.15, 0.2) is 0 Å². The van der Waals surface area contributed by atoms with Crippen molar-refractivity contribution in [2.45, 2.75) is 38.6 Å². The second-order valence-electron chi connectivity index (χ2n) is 7.06. The molecule has 0 unspecified atom stereocenters. The van der Waals surface area contributed by atoms with Gasteiger partial charge in [-0.2, -0.15) is 0 Å². The zero-order chi connectivity index (χ0) is 18.6. The van der Waals surface area contributed by atoms with Crippen LogP contribution in [0.5, 0.6) is 0 Å². The topological polar surface area (TPSA) is 45.2 Å². The number of likely N-dealkylation sites (tertiary alicyclic amines) is 1. The first-order valence-electron chi connectivity index (χ1n) is 9.72. The number of nitrogens with one attached hydrogen (secondary N) is 1. The van der Waals surface area contributed by atoms with Crippen molar-refractivity contribution in [2.75, 3.05) is 18.4 Å². The Balaban J connectivity index is 1.49.